The minimum absolute atomic E-state index is 0.0297. The molecular weight excluding hydrogens is 641 g/mol. The number of allylic oxidation sites excluding steroid dienone is 2. The fourth-order valence-electron chi connectivity index (χ4n) is 5.34. The van der Waals surface area contributed by atoms with Gasteiger partial charge in [0, 0.05) is 12.8 Å². The highest BCUT2D eigenvalue weighted by Crippen LogP contribution is 2.38. The third-order valence-electron chi connectivity index (χ3n) is 8.54. The summed E-state index contributed by atoms with van der Waals surface area (Å²) in [5.74, 6) is -0.841. The first-order valence-electron chi connectivity index (χ1n) is 19.9. The Morgan fingerprint density at radius 3 is 1.57 bits per heavy atom. The van der Waals surface area contributed by atoms with Gasteiger partial charge in [-0.3, -0.25) is 14.2 Å². The van der Waals surface area contributed by atoms with E-state index in [1.54, 1.807) is 0 Å². The molecule has 10 heteroatoms. The van der Waals surface area contributed by atoms with E-state index in [-0.39, 0.29) is 32.0 Å². The molecular formula is C39H76NO8P. The lowest BCUT2D eigenvalue weighted by Crippen LogP contribution is -2.37. The smallest absolute Gasteiger partial charge is 0.306 e. The molecule has 0 fully saturated rings. The molecule has 0 aliphatic heterocycles. The van der Waals surface area contributed by atoms with Gasteiger partial charge in [0.1, 0.15) is 19.8 Å². The molecule has 0 rings (SSSR count). The number of carbonyl (C=O) groups is 2. The van der Waals surface area contributed by atoms with Gasteiger partial charge in [0.25, 0.3) is 7.82 Å². The number of likely N-dealkylation sites (N-methyl/N-ethyl adjacent to an activating group) is 1. The van der Waals surface area contributed by atoms with Gasteiger partial charge in [-0.2, -0.15) is 0 Å². The van der Waals surface area contributed by atoms with Crippen LogP contribution in [0.15, 0.2) is 12.2 Å². The van der Waals surface area contributed by atoms with Gasteiger partial charge in [-0.1, -0.05) is 142 Å². The number of rotatable bonds is 36. The Bertz CT molecular complexity index is 860. The third kappa shape index (κ3) is 36.3. The van der Waals surface area contributed by atoms with Crippen LogP contribution in [0.25, 0.3) is 0 Å². The summed E-state index contributed by atoms with van der Waals surface area (Å²) in [6.07, 6.45) is 30.9. The van der Waals surface area contributed by atoms with Crippen LogP contribution in [0.2, 0.25) is 0 Å². The molecule has 9 nitrogen and oxygen atoms in total. The van der Waals surface area contributed by atoms with Crippen molar-refractivity contribution in [3.05, 3.63) is 12.2 Å². The number of carbonyl (C=O) groups excluding carboxylic acids is 2. The second kappa shape index (κ2) is 32.6. The molecule has 0 saturated carbocycles. The van der Waals surface area contributed by atoms with Gasteiger partial charge in [-0.25, -0.2) is 0 Å². The lowest BCUT2D eigenvalue weighted by molar-refractivity contribution is -0.870. The number of esters is 2. The number of phosphoric ester groups is 1. The normalized spacial score (nSPS) is 13.8. The molecule has 0 aromatic carbocycles. The number of ether oxygens (including phenoxy) is 2. The van der Waals surface area contributed by atoms with E-state index >= 15 is 0 Å². The summed E-state index contributed by atoms with van der Waals surface area (Å²) in [5, 5.41) is 0. The number of unbranched alkanes of at least 4 members (excludes halogenated alkanes) is 20. The molecule has 0 aliphatic rings. The Kier molecular flexibility index (Phi) is 31.8. The van der Waals surface area contributed by atoms with Crippen LogP contribution in [0.3, 0.4) is 0 Å². The highest BCUT2D eigenvalue weighted by atomic mass is 31.2. The van der Waals surface area contributed by atoms with Crippen LogP contribution in [-0.4, -0.2) is 70.0 Å². The molecule has 0 amide bonds. The highest BCUT2D eigenvalue weighted by Gasteiger charge is 2.21. The van der Waals surface area contributed by atoms with E-state index in [1.165, 1.54) is 83.5 Å². The second-order valence-corrected chi connectivity index (χ2v) is 16.1. The maximum Gasteiger partial charge on any atom is 0.306 e. The first-order chi connectivity index (χ1) is 23.5. The zero-order valence-electron chi connectivity index (χ0n) is 32.4. The monoisotopic (exact) mass is 718 g/mol. The summed E-state index contributed by atoms with van der Waals surface area (Å²) < 4.78 is 33.7. The zero-order chi connectivity index (χ0) is 36.5. The van der Waals surface area contributed by atoms with Gasteiger partial charge in [0.2, 0.25) is 0 Å². The summed E-state index contributed by atoms with van der Waals surface area (Å²) >= 11 is 0. The Morgan fingerprint density at radius 2 is 1.06 bits per heavy atom. The number of hydrogen-bond acceptors (Lipinski definition) is 8. The molecule has 0 aliphatic carbocycles. The number of nitrogens with zero attached hydrogens (tertiary/aromatic N) is 1. The van der Waals surface area contributed by atoms with E-state index < -0.39 is 26.5 Å². The van der Waals surface area contributed by atoms with Crippen LogP contribution in [0.5, 0.6) is 0 Å². The van der Waals surface area contributed by atoms with Crippen LogP contribution in [0.1, 0.15) is 174 Å². The standard InChI is InChI=1S/C39H76NO8P/c1-6-8-10-12-14-16-18-19-20-22-23-25-27-29-31-38(41)45-35-37(36-47-49(43,44)46-34-33-40(3,4)5)48-39(42)32-30-28-26-24-21-17-15-13-11-9-7-2/h13,15,37H,6-12,14,16-36H2,1-5H3/b15-13-. The molecule has 0 saturated heterocycles. The van der Waals surface area contributed by atoms with Gasteiger partial charge in [-0.05, 0) is 32.1 Å². The van der Waals surface area contributed by atoms with Crippen molar-refractivity contribution in [2.24, 2.45) is 0 Å². The minimum atomic E-state index is -4.61. The lowest BCUT2D eigenvalue weighted by Gasteiger charge is -2.28. The quantitative estimate of drug-likeness (QED) is 0.0207. The average Bonchev–Trinajstić information content (AvgIpc) is 3.04. The molecule has 0 spiro atoms. The Balaban J connectivity index is 4.39. The summed E-state index contributed by atoms with van der Waals surface area (Å²) in [6, 6.07) is 0. The molecule has 0 aromatic rings. The van der Waals surface area contributed by atoms with Crippen LogP contribution in [-0.2, 0) is 32.7 Å². The van der Waals surface area contributed by atoms with E-state index in [9.17, 15) is 19.0 Å². The first-order valence-corrected chi connectivity index (χ1v) is 21.4. The van der Waals surface area contributed by atoms with Crippen molar-refractivity contribution < 1.29 is 42.1 Å². The molecule has 0 heterocycles. The van der Waals surface area contributed by atoms with Crippen LogP contribution in [0, 0.1) is 0 Å². The Labute approximate surface area is 301 Å². The topological polar surface area (TPSA) is 111 Å². The van der Waals surface area contributed by atoms with Crippen molar-refractivity contribution in [3.8, 4) is 0 Å². The first kappa shape index (κ1) is 47.8. The molecule has 0 bridgehead atoms. The lowest BCUT2D eigenvalue weighted by atomic mass is 10.0. The van der Waals surface area contributed by atoms with Crippen molar-refractivity contribution in [1.82, 2.24) is 0 Å². The van der Waals surface area contributed by atoms with Crippen molar-refractivity contribution in [3.63, 3.8) is 0 Å². The summed E-state index contributed by atoms with van der Waals surface area (Å²) in [6.45, 7) is 4.18. The fraction of sp³-hybridized carbons (Fsp3) is 0.897. The van der Waals surface area contributed by atoms with Gasteiger partial charge >= 0.3 is 11.9 Å². The average molecular weight is 718 g/mol. The van der Waals surface area contributed by atoms with Crippen molar-refractivity contribution in [2.75, 3.05) is 47.5 Å². The molecule has 0 N–H and O–H groups in total. The maximum absolute atomic E-state index is 12.6. The number of quaternary nitrogens is 1. The molecule has 2 unspecified atom stereocenters. The summed E-state index contributed by atoms with van der Waals surface area (Å²) in [4.78, 5) is 37.3. The third-order valence-corrected chi connectivity index (χ3v) is 9.50. The molecule has 290 valence electrons. The van der Waals surface area contributed by atoms with Crippen molar-refractivity contribution in [1.29, 1.82) is 0 Å². The van der Waals surface area contributed by atoms with Gasteiger partial charge in [0.05, 0.1) is 27.7 Å². The number of hydrogen-bond donors (Lipinski definition) is 0. The van der Waals surface area contributed by atoms with Crippen LogP contribution < -0.4 is 4.89 Å². The summed E-state index contributed by atoms with van der Waals surface area (Å²) in [7, 11) is 1.17. The SMILES string of the molecule is CCCC/C=C\CCCCCCCC(=O)OC(COC(=O)CCCCCCCCCCCCCCCC)COP(=O)([O-])OCC[N+](C)(C)C. The van der Waals surface area contributed by atoms with Crippen molar-refractivity contribution in [2.45, 2.75) is 180 Å². The molecule has 49 heavy (non-hydrogen) atoms. The molecule has 2 atom stereocenters. The van der Waals surface area contributed by atoms with Gasteiger partial charge in [0.15, 0.2) is 6.10 Å². The predicted molar refractivity (Wildman–Crippen MR) is 199 cm³/mol. The molecule has 0 aromatic heterocycles. The second-order valence-electron chi connectivity index (χ2n) is 14.7. The van der Waals surface area contributed by atoms with Crippen molar-refractivity contribution >= 4 is 19.8 Å². The number of phosphoric acid groups is 1. The van der Waals surface area contributed by atoms with E-state index in [2.05, 4.69) is 26.0 Å². The van der Waals surface area contributed by atoms with Crippen LogP contribution in [0.4, 0.5) is 0 Å². The molecule has 0 radical (unpaired) electrons. The van der Waals surface area contributed by atoms with E-state index in [0.717, 1.165) is 57.8 Å². The predicted octanol–water partition coefficient (Wildman–Crippen LogP) is 10.00. The highest BCUT2D eigenvalue weighted by molar-refractivity contribution is 7.45. The van der Waals surface area contributed by atoms with Crippen LogP contribution >= 0.6 is 7.82 Å². The Hall–Kier alpha value is -1.25. The minimum Gasteiger partial charge on any atom is -0.756 e. The van der Waals surface area contributed by atoms with Gasteiger partial charge < -0.3 is 27.9 Å². The van der Waals surface area contributed by atoms with E-state index in [4.69, 9.17) is 18.5 Å². The Morgan fingerprint density at radius 1 is 0.612 bits per heavy atom. The van der Waals surface area contributed by atoms with Gasteiger partial charge in [-0.15, -0.1) is 0 Å². The fourth-order valence-corrected chi connectivity index (χ4v) is 6.07. The zero-order valence-corrected chi connectivity index (χ0v) is 33.3. The maximum atomic E-state index is 12.6. The van der Waals surface area contributed by atoms with E-state index in [0.29, 0.717) is 17.4 Å². The largest absolute Gasteiger partial charge is 0.756 e. The summed E-state index contributed by atoms with van der Waals surface area (Å²) in [5.41, 5.74) is 0. The van der Waals surface area contributed by atoms with E-state index in [1.807, 2.05) is 21.1 Å².